The number of carbonyl (C=O) groups excluding carboxylic acids is 2. The summed E-state index contributed by atoms with van der Waals surface area (Å²) in [6.07, 6.45) is 0.544. The SMILES string of the molecule is O=C(Nc1cc(NC(=O)c2ccc(N3CCCS3(=O)=O)cc2Cl)ccc1Cl)c1ccccc1. The molecule has 3 aromatic carbocycles. The zero-order valence-corrected chi connectivity index (χ0v) is 19.5. The molecule has 0 aromatic heterocycles. The van der Waals surface area contributed by atoms with Crippen LogP contribution in [0.25, 0.3) is 0 Å². The molecule has 0 aliphatic carbocycles. The Morgan fingerprint density at radius 2 is 1.61 bits per heavy atom. The highest BCUT2D eigenvalue weighted by molar-refractivity contribution is 7.93. The number of sulfonamides is 1. The number of hydrogen-bond acceptors (Lipinski definition) is 4. The van der Waals surface area contributed by atoms with E-state index in [0.29, 0.717) is 40.6 Å². The molecule has 0 radical (unpaired) electrons. The van der Waals surface area contributed by atoms with Gasteiger partial charge in [-0.2, -0.15) is 0 Å². The van der Waals surface area contributed by atoms with Crippen LogP contribution in [0.15, 0.2) is 66.7 Å². The predicted molar refractivity (Wildman–Crippen MR) is 131 cm³/mol. The Morgan fingerprint density at radius 3 is 2.27 bits per heavy atom. The van der Waals surface area contributed by atoms with Gasteiger partial charge < -0.3 is 10.6 Å². The van der Waals surface area contributed by atoms with Crippen molar-refractivity contribution < 1.29 is 18.0 Å². The Balaban J connectivity index is 1.50. The molecule has 1 fully saturated rings. The van der Waals surface area contributed by atoms with Crippen molar-refractivity contribution in [2.75, 3.05) is 27.2 Å². The van der Waals surface area contributed by atoms with Gasteiger partial charge in [0, 0.05) is 17.8 Å². The molecule has 2 amide bonds. The van der Waals surface area contributed by atoms with Gasteiger partial charge in [0.15, 0.2) is 0 Å². The number of benzene rings is 3. The number of anilines is 3. The average Bonchev–Trinajstić information content (AvgIpc) is 3.15. The molecule has 1 saturated heterocycles. The predicted octanol–water partition coefficient (Wildman–Crippen LogP) is 5.04. The Kier molecular flexibility index (Phi) is 6.60. The van der Waals surface area contributed by atoms with E-state index in [-0.39, 0.29) is 22.2 Å². The Bertz CT molecular complexity index is 1330. The fourth-order valence-electron chi connectivity index (χ4n) is 3.45. The van der Waals surface area contributed by atoms with Gasteiger partial charge in [-0.25, -0.2) is 8.42 Å². The highest BCUT2D eigenvalue weighted by atomic mass is 35.5. The van der Waals surface area contributed by atoms with E-state index in [1.807, 2.05) is 6.07 Å². The molecule has 7 nitrogen and oxygen atoms in total. The molecule has 1 aliphatic rings. The zero-order chi connectivity index (χ0) is 23.6. The number of rotatable bonds is 5. The van der Waals surface area contributed by atoms with Crippen LogP contribution >= 0.6 is 23.2 Å². The van der Waals surface area contributed by atoms with Crippen molar-refractivity contribution in [1.82, 2.24) is 0 Å². The summed E-state index contributed by atoms with van der Waals surface area (Å²) in [6.45, 7) is 0.381. The van der Waals surface area contributed by atoms with Crippen molar-refractivity contribution in [3.63, 3.8) is 0 Å². The highest BCUT2D eigenvalue weighted by Crippen LogP contribution is 2.30. The largest absolute Gasteiger partial charge is 0.322 e. The molecular weight excluding hydrogens is 485 g/mol. The lowest BCUT2D eigenvalue weighted by atomic mass is 10.1. The van der Waals surface area contributed by atoms with Crippen LogP contribution in [0.2, 0.25) is 10.0 Å². The third kappa shape index (κ3) is 5.13. The second-order valence-corrected chi connectivity index (χ2v) is 10.2. The molecule has 0 bridgehead atoms. The first-order valence-corrected chi connectivity index (χ1v) is 12.4. The minimum Gasteiger partial charge on any atom is -0.322 e. The number of amides is 2. The first-order valence-electron chi connectivity index (χ1n) is 10.0. The maximum absolute atomic E-state index is 12.8. The number of hydrogen-bond donors (Lipinski definition) is 2. The Hall–Kier alpha value is -3.07. The van der Waals surface area contributed by atoms with E-state index in [2.05, 4.69) is 10.6 Å². The van der Waals surface area contributed by atoms with Crippen molar-refractivity contribution in [2.45, 2.75) is 6.42 Å². The van der Waals surface area contributed by atoms with Gasteiger partial charge in [-0.3, -0.25) is 13.9 Å². The summed E-state index contributed by atoms with van der Waals surface area (Å²) in [4.78, 5) is 25.2. The second kappa shape index (κ2) is 9.43. The van der Waals surface area contributed by atoms with Crippen molar-refractivity contribution >= 4 is 62.1 Å². The van der Waals surface area contributed by atoms with Crippen molar-refractivity contribution in [2.24, 2.45) is 0 Å². The van der Waals surface area contributed by atoms with E-state index in [1.165, 1.54) is 16.4 Å². The second-order valence-electron chi connectivity index (χ2n) is 7.37. The van der Waals surface area contributed by atoms with Gasteiger partial charge in [0.05, 0.1) is 32.7 Å². The lowest BCUT2D eigenvalue weighted by Crippen LogP contribution is -2.25. The summed E-state index contributed by atoms with van der Waals surface area (Å²) in [5.74, 6) is -0.734. The van der Waals surface area contributed by atoms with Crippen LogP contribution in [-0.2, 0) is 10.0 Å². The molecule has 0 unspecified atom stereocenters. The molecule has 0 spiro atoms. The van der Waals surface area contributed by atoms with Gasteiger partial charge in [0.2, 0.25) is 10.0 Å². The van der Waals surface area contributed by atoms with Crippen LogP contribution in [-0.4, -0.2) is 32.5 Å². The van der Waals surface area contributed by atoms with E-state index in [9.17, 15) is 18.0 Å². The maximum atomic E-state index is 12.8. The Morgan fingerprint density at radius 1 is 0.848 bits per heavy atom. The minimum absolute atomic E-state index is 0.0898. The van der Waals surface area contributed by atoms with Gasteiger partial charge >= 0.3 is 0 Å². The molecule has 10 heteroatoms. The lowest BCUT2D eigenvalue weighted by molar-refractivity contribution is 0.101. The van der Waals surface area contributed by atoms with E-state index in [4.69, 9.17) is 23.2 Å². The highest BCUT2D eigenvalue weighted by Gasteiger charge is 2.29. The maximum Gasteiger partial charge on any atom is 0.257 e. The number of carbonyl (C=O) groups is 2. The third-order valence-electron chi connectivity index (χ3n) is 5.09. The third-order valence-corrected chi connectivity index (χ3v) is 7.60. The summed E-state index contributed by atoms with van der Waals surface area (Å²) in [7, 11) is -3.35. The number of nitrogens with one attached hydrogen (secondary N) is 2. The van der Waals surface area contributed by atoms with Crippen LogP contribution in [0.5, 0.6) is 0 Å². The number of halogens is 2. The summed E-state index contributed by atoms with van der Waals surface area (Å²) in [5, 5.41) is 5.88. The van der Waals surface area contributed by atoms with Crippen LogP contribution in [0.3, 0.4) is 0 Å². The van der Waals surface area contributed by atoms with Crippen molar-refractivity contribution in [3.05, 3.63) is 87.9 Å². The average molecular weight is 504 g/mol. The molecule has 2 N–H and O–H groups in total. The van der Waals surface area contributed by atoms with Crippen molar-refractivity contribution in [3.8, 4) is 0 Å². The smallest absolute Gasteiger partial charge is 0.257 e. The van der Waals surface area contributed by atoms with E-state index in [0.717, 1.165) is 0 Å². The first kappa shape index (κ1) is 23.1. The lowest BCUT2D eigenvalue weighted by Gasteiger charge is -2.18. The fraction of sp³-hybridized carbons (Fsp3) is 0.130. The summed E-state index contributed by atoms with van der Waals surface area (Å²) in [6, 6.07) is 17.9. The number of nitrogens with zero attached hydrogens (tertiary/aromatic N) is 1. The van der Waals surface area contributed by atoms with Gasteiger partial charge in [-0.15, -0.1) is 0 Å². The van der Waals surface area contributed by atoms with Crippen LogP contribution < -0.4 is 14.9 Å². The normalized spacial score (nSPS) is 14.7. The molecule has 33 heavy (non-hydrogen) atoms. The molecule has 3 aromatic rings. The summed E-state index contributed by atoms with van der Waals surface area (Å²) < 4.78 is 25.5. The van der Waals surface area contributed by atoms with Crippen molar-refractivity contribution in [1.29, 1.82) is 0 Å². The minimum atomic E-state index is -3.35. The molecule has 0 saturated carbocycles. The molecule has 170 valence electrons. The van der Waals surface area contributed by atoms with Gasteiger partial charge in [-0.1, -0.05) is 41.4 Å². The topological polar surface area (TPSA) is 95.6 Å². The fourth-order valence-corrected chi connectivity index (χ4v) is 5.44. The molecular formula is C23H19Cl2N3O4S. The summed E-state index contributed by atoms with van der Waals surface area (Å²) >= 11 is 12.5. The van der Waals surface area contributed by atoms with E-state index < -0.39 is 15.9 Å². The quantitative estimate of drug-likeness (QED) is 0.509. The monoisotopic (exact) mass is 503 g/mol. The van der Waals surface area contributed by atoms with Gasteiger partial charge in [0.25, 0.3) is 11.8 Å². The first-order chi connectivity index (χ1) is 15.7. The standard InChI is InChI=1S/C23H19Cl2N3O4S/c24-19-10-7-16(13-21(19)27-22(29)15-5-2-1-3-6-15)26-23(30)18-9-8-17(14-20(18)25)28-11-4-12-33(28,31)32/h1-3,5-10,13-14H,4,11-12H2,(H,26,30)(H,27,29). The van der Waals surface area contributed by atoms with Gasteiger partial charge in [0.1, 0.15) is 0 Å². The van der Waals surface area contributed by atoms with Crippen LogP contribution in [0, 0.1) is 0 Å². The molecule has 1 aliphatic heterocycles. The summed E-state index contributed by atoms with van der Waals surface area (Å²) in [5.41, 5.74) is 1.81. The Labute approximate surface area is 201 Å². The molecule has 1 heterocycles. The van der Waals surface area contributed by atoms with Crippen LogP contribution in [0.4, 0.5) is 17.1 Å². The zero-order valence-electron chi connectivity index (χ0n) is 17.2. The van der Waals surface area contributed by atoms with Crippen LogP contribution in [0.1, 0.15) is 27.1 Å². The van der Waals surface area contributed by atoms with E-state index in [1.54, 1.807) is 48.5 Å². The molecule has 4 rings (SSSR count). The molecule has 0 atom stereocenters. The van der Waals surface area contributed by atoms with Gasteiger partial charge in [-0.05, 0) is 55.0 Å². The van der Waals surface area contributed by atoms with E-state index >= 15 is 0 Å².